The molecule has 0 aliphatic carbocycles. The Morgan fingerprint density at radius 1 is 0.808 bits per heavy atom. The van der Waals surface area contributed by atoms with E-state index in [0.717, 1.165) is 22.3 Å². The summed E-state index contributed by atoms with van der Waals surface area (Å²) in [6.07, 6.45) is 0. The number of hydrogen-bond acceptors (Lipinski definition) is 3. The van der Waals surface area contributed by atoms with Crippen molar-refractivity contribution in [2.75, 3.05) is 7.05 Å². The standard InChI is InChI=1S/C21H17NO3S/c1-22-14-17-13-16(9-12-20(17)21(22)23)15-7-10-19(11-8-15)26(24,25)18-5-3-2-4-6-18/h2-13H,14H2,1H3. The molecule has 0 bridgehead atoms. The van der Waals surface area contributed by atoms with Crippen LogP contribution >= 0.6 is 0 Å². The third-order valence-corrected chi connectivity index (χ3v) is 6.43. The summed E-state index contributed by atoms with van der Waals surface area (Å²) in [4.78, 5) is 14.2. The quantitative estimate of drug-likeness (QED) is 0.712. The Morgan fingerprint density at radius 3 is 2.12 bits per heavy atom. The van der Waals surface area contributed by atoms with Crippen molar-refractivity contribution >= 4 is 15.7 Å². The van der Waals surface area contributed by atoms with E-state index in [1.807, 2.05) is 18.2 Å². The van der Waals surface area contributed by atoms with Crippen molar-refractivity contribution in [1.29, 1.82) is 0 Å². The van der Waals surface area contributed by atoms with Gasteiger partial charge in [0.15, 0.2) is 0 Å². The summed E-state index contributed by atoms with van der Waals surface area (Å²) in [5, 5.41) is 0. The fourth-order valence-corrected chi connectivity index (χ4v) is 4.49. The van der Waals surface area contributed by atoms with Crippen molar-refractivity contribution in [3.8, 4) is 11.1 Å². The maximum atomic E-state index is 12.7. The summed E-state index contributed by atoms with van der Waals surface area (Å²) in [5.41, 5.74) is 3.62. The lowest BCUT2D eigenvalue weighted by Crippen LogP contribution is -2.17. The molecule has 0 atom stereocenters. The van der Waals surface area contributed by atoms with Crippen molar-refractivity contribution in [3.63, 3.8) is 0 Å². The number of carbonyl (C=O) groups is 1. The molecule has 0 spiro atoms. The fraction of sp³-hybridized carbons (Fsp3) is 0.0952. The van der Waals surface area contributed by atoms with E-state index in [1.54, 1.807) is 66.5 Å². The highest BCUT2D eigenvalue weighted by Gasteiger charge is 2.24. The molecule has 26 heavy (non-hydrogen) atoms. The smallest absolute Gasteiger partial charge is 0.254 e. The summed E-state index contributed by atoms with van der Waals surface area (Å²) >= 11 is 0. The summed E-state index contributed by atoms with van der Waals surface area (Å²) in [6, 6.07) is 21.0. The number of benzene rings is 3. The summed E-state index contributed by atoms with van der Waals surface area (Å²) in [6.45, 7) is 0.600. The molecule has 1 amide bonds. The van der Waals surface area contributed by atoms with Crippen LogP contribution in [0.25, 0.3) is 11.1 Å². The largest absolute Gasteiger partial charge is 0.337 e. The fourth-order valence-electron chi connectivity index (χ4n) is 3.21. The van der Waals surface area contributed by atoms with Gasteiger partial charge in [-0.15, -0.1) is 0 Å². The Balaban J connectivity index is 1.67. The lowest BCUT2D eigenvalue weighted by Gasteiger charge is -2.07. The molecule has 1 aliphatic rings. The van der Waals surface area contributed by atoms with Crippen molar-refractivity contribution in [3.05, 3.63) is 83.9 Å². The lowest BCUT2D eigenvalue weighted by molar-refractivity contribution is 0.0816. The van der Waals surface area contributed by atoms with E-state index in [9.17, 15) is 13.2 Å². The molecule has 0 aromatic heterocycles. The Hall–Kier alpha value is -2.92. The molecule has 130 valence electrons. The van der Waals surface area contributed by atoms with E-state index in [1.165, 1.54) is 0 Å². The first-order valence-electron chi connectivity index (χ1n) is 8.26. The highest BCUT2D eigenvalue weighted by molar-refractivity contribution is 7.91. The van der Waals surface area contributed by atoms with Crippen LogP contribution in [0.4, 0.5) is 0 Å². The summed E-state index contributed by atoms with van der Waals surface area (Å²) < 4.78 is 25.3. The maximum Gasteiger partial charge on any atom is 0.254 e. The van der Waals surface area contributed by atoms with Crippen LogP contribution in [0.1, 0.15) is 15.9 Å². The molecule has 4 rings (SSSR count). The summed E-state index contributed by atoms with van der Waals surface area (Å²) in [7, 11) is -1.73. The molecule has 4 nitrogen and oxygen atoms in total. The third kappa shape index (κ3) is 2.70. The van der Waals surface area contributed by atoms with Crippen molar-refractivity contribution in [1.82, 2.24) is 4.90 Å². The van der Waals surface area contributed by atoms with Crippen LogP contribution in [0.3, 0.4) is 0 Å². The van der Waals surface area contributed by atoms with E-state index in [-0.39, 0.29) is 15.7 Å². The zero-order valence-electron chi connectivity index (χ0n) is 14.2. The first-order valence-corrected chi connectivity index (χ1v) is 9.74. The van der Waals surface area contributed by atoms with Crippen LogP contribution < -0.4 is 0 Å². The number of rotatable bonds is 3. The van der Waals surface area contributed by atoms with Crippen LogP contribution in [0.15, 0.2) is 82.6 Å². The molecule has 3 aromatic carbocycles. The normalized spacial score (nSPS) is 13.7. The number of amides is 1. The second-order valence-electron chi connectivity index (χ2n) is 6.37. The van der Waals surface area contributed by atoms with Gasteiger partial charge in [0.1, 0.15) is 0 Å². The molecule has 0 fully saturated rings. The van der Waals surface area contributed by atoms with Crippen molar-refractivity contribution in [2.45, 2.75) is 16.3 Å². The monoisotopic (exact) mass is 363 g/mol. The van der Waals surface area contributed by atoms with Gasteiger partial charge in [0.2, 0.25) is 9.84 Å². The van der Waals surface area contributed by atoms with E-state index in [0.29, 0.717) is 6.54 Å². The minimum Gasteiger partial charge on any atom is -0.337 e. The molecule has 0 saturated heterocycles. The van der Waals surface area contributed by atoms with Crippen molar-refractivity contribution < 1.29 is 13.2 Å². The average molecular weight is 363 g/mol. The first kappa shape index (κ1) is 16.5. The minimum absolute atomic E-state index is 0.0378. The predicted octanol–water partition coefficient (Wildman–Crippen LogP) is 3.77. The molecule has 1 aliphatic heterocycles. The maximum absolute atomic E-state index is 12.7. The number of fused-ring (bicyclic) bond motifs is 1. The van der Waals surface area contributed by atoms with E-state index in [4.69, 9.17) is 0 Å². The second-order valence-corrected chi connectivity index (χ2v) is 8.32. The van der Waals surface area contributed by atoms with Gasteiger partial charge in [-0.05, 0) is 53.1 Å². The Labute approximate surface area is 152 Å². The third-order valence-electron chi connectivity index (χ3n) is 4.64. The lowest BCUT2D eigenvalue weighted by atomic mass is 10.0. The van der Waals surface area contributed by atoms with Gasteiger partial charge in [-0.3, -0.25) is 4.79 Å². The Kier molecular flexibility index (Phi) is 3.89. The van der Waals surface area contributed by atoms with Gasteiger partial charge in [-0.2, -0.15) is 0 Å². The van der Waals surface area contributed by atoms with Gasteiger partial charge >= 0.3 is 0 Å². The molecular formula is C21H17NO3S. The van der Waals surface area contributed by atoms with Crippen LogP contribution in [0, 0.1) is 0 Å². The van der Waals surface area contributed by atoms with Gasteiger partial charge in [0.05, 0.1) is 9.79 Å². The van der Waals surface area contributed by atoms with Gasteiger partial charge in [0.25, 0.3) is 5.91 Å². The van der Waals surface area contributed by atoms with E-state index < -0.39 is 9.84 Å². The summed E-state index contributed by atoms with van der Waals surface area (Å²) in [5.74, 6) is 0.0378. The van der Waals surface area contributed by atoms with Crippen LogP contribution in [0.5, 0.6) is 0 Å². The van der Waals surface area contributed by atoms with Gasteiger partial charge in [-0.1, -0.05) is 36.4 Å². The topological polar surface area (TPSA) is 54.5 Å². The molecule has 1 heterocycles. The second kappa shape index (κ2) is 6.11. The van der Waals surface area contributed by atoms with Gasteiger partial charge < -0.3 is 4.90 Å². The Bertz CT molecular complexity index is 1090. The highest BCUT2D eigenvalue weighted by Crippen LogP contribution is 2.29. The molecular weight excluding hydrogens is 346 g/mol. The van der Waals surface area contributed by atoms with Crippen LogP contribution in [-0.2, 0) is 16.4 Å². The van der Waals surface area contributed by atoms with Gasteiger partial charge in [0, 0.05) is 19.2 Å². The predicted molar refractivity (Wildman–Crippen MR) is 99.6 cm³/mol. The minimum atomic E-state index is -3.51. The molecule has 3 aromatic rings. The number of sulfone groups is 1. The van der Waals surface area contributed by atoms with Gasteiger partial charge in [-0.25, -0.2) is 8.42 Å². The Morgan fingerprint density at radius 2 is 1.42 bits per heavy atom. The SMILES string of the molecule is CN1Cc2cc(-c3ccc(S(=O)(=O)c4ccccc4)cc3)ccc2C1=O. The molecule has 0 unspecified atom stereocenters. The van der Waals surface area contributed by atoms with E-state index >= 15 is 0 Å². The molecule has 5 heteroatoms. The number of carbonyl (C=O) groups excluding carboxylic acids is 1. The molecule has 0 saturated carbocycles. The number of nitrogens with zero attached hydrogens (tertiary/aromatic N) is 1. The zero-order chi connectivity index (χ0) is 18.3. The van der Waals surface area contributed by atoms with E-state index in [2.05, 4.69) is 0 Å². The zero-order valence-corrected chi connectivity index (χ0v) is 15.0. The molecule has 0 N–H and O–H groups in total. The first-order chi connectivity index (χ1) is 12.5. The van der Waals surface area contributed by atoms with Crippen molar-refractivity contribution in [2.24, 2.45) is 0 Å². The highest BCUT2D eigenvalue weighted by atomic mass is 32.2. The molecule has 0 radical (unpaired) electrons. The van der Waals surface area contributed by atoms with Crippen LogP contribution in [0.2, 0.25) is 0 Å². The number of hydrogen-bond donors (Lipinski definition) is 0. The average Bonchev–Trinajstić information content (AvgIpc) is 2.96. The van der Waals surface area contributed by atoms with Crippen LogP contribution in [-0.4, -0.2) is 26.3 Å².